The van der Waals surface area contributed by atoms with Crippen molar-refractivity contribution in [1.29, 1.82) is 0 Å². The minimum Gasteiger partial charge on any atom is -0.293 e. The van der Waals surface area contributed by atoms with Gasteiger partial charge in [0.2, 0.25) is 0 Å². The zero-order valence-electron chi connectivity index (χ0n) is 3.57. The monoisotopic (exact) mass is 242 g/mol. The molecule has 0 bridgehead atoms. The fraction of sp³-hybridized carbons (Fsp3) is 0.200. The van der Waals surface area contributed by atoms with Crippen LogP contribution in [0.25, 0.3) is 0 Å². The van der Waals surface area contributed by atoms with Crippen molar-refractivity contribution < 1.29 is 36.9 Å². The summed E-state index contributed by atoms with van der Waals surface area (Å²) in [6.45, 7) is 6.85. The fourth-order valence-electron chi connectivity index (χ4n) is 0.111. The number of rotatable bonds is 1. The number of allylic oxidation sites excluding steroid dienone is 3. The Morgan fingerprint density at radius 3 is 2.00 bits per heavy atom. The first-order chi connectivity index (χ1) is 2.41. The van der Waals surface area contributed by atoms with Crippen LogP contribution >= 0.6 is 0 Å². The predicted molar refractivity (Wildman–Crippen MR) is 23.7 cm³/mol. The maximum absolute atomic E-state index is 4.93. The van der Waals surface area contributed by atoms with Gasteiger partial charge in [0, 0.05) is 36.9 Å². The smallest absolute Gasteiger partial charge is 0 e. The summed E-state index contributed by atoms with van der Waals surface area (Å²) in [4.78, 5) is 0. The van der Waals surface area contributed by atoms with Crippen LogP contribution in [0.1, 0.15) is 6.92 Å². The molecule has 0 N–H and O–H groups in total. The third-order valence-electron chi connectivity index (χ3n) is 0.304. The van der Waals surface area contributed by atoms with E-state index in [4.69, 9.17) is 6.58 Å². The van der Waals surface area contributed by atoms with E-state index in [1.807, 2.05) is 13.0 Å². The molecule has 0 saturated carbocycles. The average molecular weight is 242 g/mol. The van der Waals surface area contributed by atoms with E-state index in [1.54, 1.807) is 6.08 Å². The first-order valence-corrected chi connectivity index (χ1v) is 1.58. The SMILES string of the molecule is [CH-]=CC=CC.[Lu]. The summed E-state index contributed by atoms with van der Waals surface area (Å²) in [5, 5.41) is 0. The molecule has 0 unspecified atom stereocenters. The molecule has 0 amide bonds. The van der Waals surface area contributed by atoms with E-state index < -0.39 is 0 Å². The quantitative estimate of drug-likeness (QED) is 0.483. The second kappa shape index (κ2) is 9.21. The second-order valence-electron chi connectivity index (χ2n) is 0.718. The maximum atomic E-state index is 4.93. The zero-order valence-corrected chi connectivity index (χ0v) is 5.22. The van der Waals surface area contributed by atoms with E-state index >= 15 is 0 Å². The molecule has 43 valence electrons. The third kappa shape index (κ3) is 8.83. The van der Waals surface area contributed by atoms with Gasteiger partial charge >= 0.3 is 0 Å². The Labute approximate surface area is 68.1 Å². The van der Waals surface area contributed by atoms with E-state index in [-0.39, 0.29) is 36.9 Å². The molecule has 6 heavy (non-hydrogen) atoms. The normalized spacial score (nSPS) is 7.50. The molecule has 0 atom stereocenters. The van der Waals surface area contributed by atoms with Crippen LogP contribution in [0.5, 0.6) is 0 Å². The van der Waals surface area contributed by atoms with Crippen molar-refractivity contribution in [3.05, 3.63) is 24.8 Å². The van der Waals surface area contributed by atoms with E-state index in [0.717, 1.165) is 0 Å². The first-order valence-electron chi connectivity index (χ1n) is 1.58. The van der Waals surface area contributed by atoms with Gasteiger partial charge in [-0.25, -0.2) is 12.2 Å². The van der Waals surface area contributed by atoms with Crippen molar-refractivity contribution in [3.8, 4) is 0 Å². The number of hydrogen-bond acceptors (Lipinski definition) is 0. The molecule has 1 radical (unpaired) electrons. The van der Waals surface area contributed by atoms with Crippen molar-refractivity contribution >= 4 is 0 Å². The molecule has 0 saturated heterocycles. The molecule has 0 aromatic heterocycles. The van der Waals surface area contributed by atoms with E-state index in [2.05, 4.69) is 0 Å². The molecule has 0 aromatic rings. The molecule has 0 spiro atoms. The van der Waals surface area contributed by atoms with Crippen molar-refractivity contribution in [2.24, 2.45) is 0 Å². The zero-order chi connectivity index (χ0) is 4.12. The molecule has 0 aliphatic rings. The maximum Gasteiger partial charge on any atom is 0 e. The number of hydrogen-bond donors (Lipinski definition) is 0. The van der Waals surface area contributed by atoms with Gasteiger partial charge in [-0.15, -0.1) is 0 Å². The van der Waals surface area contributed by atoms with Crippen molar-refractivity contribution in [3.63, 3.8) is 0 Å². The summed E-state index contributed by atoms with van der Waals surface area (Å²) < 4.78 is 0. The molecule has 0 rings (SSSR count). The first kappa shape index (κ1) is 9.86. The van der Waals surface area contributed by atoms with Gasteiger partial charge in [0.25, 0.3) is 0 Å². The van der Waals surface area contributed by atoms with Gasteiger partial charge in [0.1, 0.15) is 0 Å². The van der Waals surface area contributed by atoms with E-state index in [0.29, 0.717) is 0 Å². The molecular weight excluding hydrogens is 235 g/mol. The van der Waals surface area contributed by atoms with Gasteiger partial charge in [-0.05, 0) is 0 Å². The van der Waals surface area contributed by atoms with E-state index in [1.165, 1.54) is 6.08 Å². The minimum atomic E-state index is 0. The molecule has 1 heteroatoms. The minimum absolute atomic E-state index is 0. The van der Waals surface area contributed by atoms with Gasteiger partial charge in [-0.1, -0.05) is 6.92 Å². The molecule has 0 fully saturated rings. The van der Waals surface area contributed by atoms with Crippen LogP contribution in [0.15, 0.2) is 18.2 Å². The van der Waals surface area contributed by atoms with Crippen LogP contribution in [-0.2, 0) is 0 Å². The summed E-state index contributed by atoms with van der Waals surface area (Å²) in [7, 11) is 0. The predicted octanol–water partition coefficient (Wildman–Crippen LogP) is 1.55. The Morgan fingerprint density at radius 1 is 1.50 bits per heavy atom. The summed E-state index contributed by atoms with van der Waals surface area (Å²) >= 11 is 0. The fourth-order valence-corrected chi connectivity index (χ4v) is 0.111. The van der Waals surface area contributed by atoms with Crippen LogP contribution in [0.3, 0.4) is 0 Å². The van der Waals surface area contributed by atoms with Gasteiger partial charge in [-0.3, -0.25) is 6.58 Å². The Balaban J connectivity index is 0. The molecular formula is C5H7Lu-. The van der Waals surface area contributed by atoms with Gasteiger partial charge < -0.3 is 0 Å². The Hall–Kier alpha value is 0.714. The standard InChI is InChI=1S/C5H7.Lu/c1-3-5-4-2;/h1,3-5H,2H3;/q-1;. The van der Waals surface area contributed by atoms with Crippen LogP contribution < -0.4 is 0 Å². The molecule has 0 heterocycles. The summed E-state index contributed by atoms with van der Waals surface area (Å²) in [6, 6.07) is 0. The molecule has 0 aliphatic heterocycles. The summed E-state index contributed by atoms with van der Waals surface area (Å²) in [5.74, 6) is 0. The average Bonchev–Trinajstić information content (AvgIpc) is 1.41. The summed E-state index contributed by atoms with van der Waals surface area (Å²) in [6.07, 6.45) is 5.15. The molecule has 0 aliphatic carbocycles. The Morgan fingerprint density at radius 2 is 2.00 bits per heavy atom. The topological polar surface area (TPSA) is 0 Å². The van der Waals surface area contributed by atoms with Crippen LogP contribution in [-0.4, -0.2) is 0 Å². The third-order valence-corrected chi connectivity index (χ3v) is 0.304. The van der Waals surface area contributed by atoms with Gasteiger partial charge in [-0.2, -0.15) is 6.08 Å². The van der Waals surface area contributed by atoms with Crippen LogP contribution in [0.2, 0.25) is 0 Å². The Bertz CT molecular complexity index is 45.9. The van der Waals surface area contributed by atoms with Crippen molar-refractivity contribution in [2.75, 3.05) is 0 Å². The summed E-state index contributed by atoms with van der Waals surface area (Å²) in [5.41, 5.74) is 0. The van der Waals surface area contributed by atoms with Crippen molar-refractivity contribution in [2.45, 2.75) is 6.92 Å². The van der Waals surface area contributed by atoms with Gasteiger partial charge in [0.05, 0.1) is 0 Å². The van der Waals surface area contributed by atoms with Crippen molar-refractivity contribution in [1.82, 2.24) is 0 Å². The molecule has 0 nitrogen and oxygen atoms in total. The molecule has 0 aromatic carbocycles. The van der Waals surface area contributed by atoms with Crippen LogP contribution in [0, 0.1) is 43.5 Å². The van der Waals surface area contributed by atoms with Gasteiger partial charge in [0.15, 0.2) is 0 Å². The largest absolute Gasteiger partial charge is 0.293 e. The van der Waals surface area contributed by atoms with E-state index in [9.17, 15) is 0 Å². The van der Waals surface area contributed by atoms with Crippen LogP contribution in [0.4, 0.5) is 0 Å². The Kier molecular flexibility index (Phi) is 15.1. The second-order valence-corrected chi connectivity index (χ2v) is 0.718.